The Balaban J connectivity index is 1.69. The van der Waals surface area contributed by atoms with Crippen molar-refractivity contribution in [1.29, 1.82) is 0 Å². The number of anilines is 2. The first kappa shape index (κ1) is 19.0. The zero-order valence-corrected chi connectivity index (χ0v) is 16.7. The third kappa shape index (κ3) is 3.41. The molecule has 150 valence electrons. The molecule has 2 N–H and O–H groups in total. The summed E-state index contributed by atoms with van der Waals surface area (Å²) >= 11 is 6.15. The van der Waals surface area contributed by atoms with Crippen LogP contribution in [0.4, 0.5) is 11.6 Å². The lowest BCUT2D eigenvalue weighted by molar-refractivity contribution is -0.154. The molecule has 0 radical (unpaired) electrons. The maximum Gasteiger partial charge on any atom is 0.311 e. The fourth-order valence-corrected chi connectivity index (χ4v) is 4.90. The molecule has 0 saturated heterocycles. The molecule has 2 atom stereocenters. The lowest BCUT2D eigenvalue weighted by Gasteiger charge is -2.47. The SMILES string of the molecule is CCOC(=O)[C@H]1C2CCC(CC2)[C@@H]1Nc1nc(Cl)nn2c(NC(C)=O)ccc12. The molecule has 0 spiro atoms. The van der Waals surface area contributed by atoms with E-state index in [4.69, 9.17) is 16.3 Å². The van der Waals surface area contributed by atoms with Crippen LogP contribution in [-0.4, -0.2) is 39.1 Å². The largest absolute Gasteiger partial charge is 0.466 e. The van der Waals surface area contributed by atoms with E-state index < -0.39 is 0 Å². The molecule has 0 unspecified atom stereocenters. The fraction of sp³-hybridized carbons (Fsp3) is 0.579. The van der Waals surface area contributed by atoms with E-state index in [1.165, 1.54) is 6.92 Å². The summed E-state index contributed by atoms with van der Waals surface area (Å²) in [4.78, 5) is 28.5. The average Bonchev–Trinajstić information content (AvgIpc) is 3.05. The summed E-state index contributed by atoms with van der Waals surface area (Å²) in [5.41, 5.74) is 0.692. The quantitative estimate of drug-likeness (QED) is 0.741. The van der Waals surface area contributed by atoms with E-state index in [1.54, 1.807) is 10.6 Å². The lowest BCUT2D eigenvalue weighted by Crippen LogP contribution is -2.52. The van der Waals surface area contributed by atoms with E-state index in [1.807, 2.05) is 13.0 Å². The van der Waals surface area contributed by atoms with Gasteiger partial charge in [0.15, 0.2) is 5.82 Å². The van der Waals surface area contributed by atoms with Gasteiger partial charge in [0.05, 0.1) is 12.5 Å². The third-order valence-corrected chi connectivity index (χ3v) is 6.03. The maximum absolute atomic E-state index is 12.7. The van der Waals surface area contributed by atoms with Crippen LogP contribution in [-0.2, 0) is 14.3 Å². The number of hydrogen-bond donors (Lipinski definition) is 2. The summed E-state index contributed by atoms with van der Waals surface area (Å²) in [5.74, 6) is 1.27. The lowest BCUT2D eigenvalue weighted by atomic mass is 9.61. The number of nitrogens with zero attached hydrogens (tertiary/aromatic N) is 3. The van der Waals surface area contributed by atoms with Crippen LogP contribution in [0, 0.1) is 17.8 Å². The minimum Gasteiger partial charge on any atom is -0.466 e. The number of fused-ring (bicyclic) bond motifs is 4. The first-order valence-electron chi connectivity index (χ1n) is 9.74. The van der Waals surface area contributed by atoms with Gasteiger partial charge in [0.2, 0.25) is 11.2 Å². The molecule has 28 heavy (non-hydrogen) atoms. The summed E-state index contributed by atoms with van der Waals surface area (Å²) in [7, 11) is 0. The van der Waals surface area contributed by atoms with Gasteiger partial charge in [0, 0.05) is 13.0 Å². The highest BCUT2D eigenvalue weighted by atomic mass is 35.5. The van der Waals surface area contributed by atoms with Gasteiger partial charge in [-0.05, 0) is 68.2 Å². The summed E-state index contributed by atoms with van der Waals surface area (Å²) in [6.45, 7) is 3.64. The van der Waals surface area contributed by atoms with Gasteiger partial charge in [-0.1, -0.05) is 0 Å². The van der Waals surface area contributed by atoms with Crippen LogP contribution in [0.25, 0.3) is 5.52 Å². The summed E-state index contributed by atoms with van der Waals surface area (Å²) in [6.07, 6.45) is 4.30. The van der Waals surface area contributed by atoms with Crippen LogP contribution in [0.5, 0.6) is 0 Å². The van der Waals surface area contributed by atoms with Gasteiger partial charge in [-0.2, -0.15) is 4.98 Å². The van der Waals surface area contributed by atoms with Gasteiger partial charge in [0.1, 0.15) is 11.3 Å². The normalized spacial score (nSPS) is 26.2. The molecule has 3 aliphatic carbocycles. The minimum absolute atomic E-state index is 0.0552. The van der Waals surface area contributed by atoms with Crippen molar-refractivity contribution in [3.63, 3.8) is 0 Å². The first-order chi connectivity index (χ1) is 13.5. The van der Waals surface area contributed by atoms with E-state index in [0.717, 1.165) is 25.7 Å². The molecule has 3 aliphatic rings. The van der Waals surface area contributed by atoms with Gasteiger partial charge in [0.25, 0.3) is 0 Å². The van der Waals surface area contributed by atoms with Gasteiger partial charge >= 0.3 is 5.97 Å². The third-order valence-electron chi connectivity index (χ3n) is 5.87. The molecule has 2 aromatic heterocycles. The number of carbonyl (C=O) groups is 2. The monoisotopic (exact) mass is 405 g/mol. The molecule has 8 nitrogen and oxygen atoms in total. The Labute approximate surface area is 168 Å². The van der Waals surface area contributed by atoms with Crippen molar-refractivity contribution < 1.29 is 14.3 Å². The van der Waals surface area contributed by atoms with E-state index in [9.17, 15) is 9.59 Å². The number of nitrogens with one attached hydrogen (secondary N) is 2. The molecule has 0 aliphatic heterocycles. The number of ether oxygens (including phenoxy) is 1. The zero-order chi connectivity index (χ0) is 19.8. The second kappa shape index (κ2) is 7.58. The van der Waals surface area contributed by atoms with Crippen LogP contribution >= 0.6 is 11.6 Å². The second-order valence-corrected chi connectivity index (χ2v) is 7.89. The smallest absolute Gasteiger partial charge is 0.311 e. The summed E-state index contributed by atoms with van der Waals surface area (Å²) in [6, 6.07) is 3.52. The molecule has 2 bridgehead atoms. The summed E-state index contributed by atoms with van der Waals surface area (Å²) < 4.78 is 6.93. The number of amides is 1. The first-order valence-corrected chi connectivity index (χ1v) is 10.1. The van der Waals surface area contributed by atoms with Gasteiger partial charge < -0.3 is 15.4 Å². The van der Waals surface area contributed by atoms with Gasteiger partial charge in [-0.3, -0.25) is 9.59 Å². The van der Waals surface area contributed by atoms with E-state index in [0.29, 0.717) is 35.6 Å². The van der Waals surface area contributed by atoms with Crippen LogP contribution in [0.2, 0.25) is 5.28 Å². The maximum atomic E-state index is 12.7. The molecular formula is C19H24ClN5O3. The topological polar surface area (TPSA) is 97.6 Å². The van der Waals surface area contributed by atoms with Crippen LogP contribution in [0.15, 0.2) is 12.1 Å². The van der Waals surface area contributed by atoms with E-state index in [2.05, 4.69) is 20.7 Å². The number of hydrogen-bond acceptors (Lipinski definition) is 6. The van der Waals surface area contributed by atoms with Crippen molar-refractivity contribution in [2.75, 3.05) is 17.2 Å². The second-order valence-electron chi connectivity index (χ2n) is 7.55. The molecule has 9 heteroatoms. The molecule has 3 fully saturated rings. The Morgan fingerprint density at radius 3 is 2.64 bits per heavy atom. The Hall–Kier alpha value is -2.35. The highest BCUT2D eigenvalue weighted by molar-refractivity contribution is 6.28. The molecule has 1 amide bonds. The number of esters is 1. The highest BCUT2D eigenvalue weighted by Crippen LogP contribution is 2.47. The standard InChI is InChI=1S/C19H24ClN5O3/c1-3-28-18(27)15-11-4-6-12(7-5-11)16(15)22-17-13-8-9-14(21-10(2)26)25(13)24-19(20)23-17/h8-9,11-12,15-16H,3-7H2,1-2H3,(H,21,26)(H,22,23,24)/t11?,12?,15-,16-/m0/s1. The van der Waals surface area contributed by atoms with Crippen molar-refractivity contribution in [2.45, 2.75) is 45.6 Å². The number of aromatic nitrogens is 3. The van der Waals surface area contributed by atoms with Crippen molar-refractivity contribution in [3.05, 3.63) is 17.4 Å². The van der Waals surface area contributed by atoms with Crippen molar-refractivity contribution in [1.82, 2.24) is 14.6 Å². The molecular weight excluding hydrogens is 382 g/mol. The number of halogens is 1. The Morgan fingerprint density at radius 2 is 1.96 bits per heavy atom. The number of rotatable bonds is 5. The Bertz CT molecular complexity index is 906. The molecule has 3 saturated carbocycles. The van der Waals surface area contributed by atoms with Gasteiger partial charge in [-0.15, -0.1) is 5.10 Å². The van der Waals surface area contributed by atoms with Gasteiger partial charge in [-0.25, -0.2) is 4.52 Å². The van der Waals surface area contributed by atoms with E-state index in [-0.39, 0.29) is 29.1 Å². The predicted molar refractivity (Wildman–Crippen MR) is 105 cm³/mol. The van der Waals surface area contributed by atoms with E-state index >= 15 is 0 Å². The van der Waals surface area contributed by atoms with Crippen molar-refractivity contribution in [2.24, 2.45) is 17.8 Å². The Morgan fingerprint density at radius 1 is 1.25 bits per heavy atom. The van der Waals surface area contributed by atoms with Crippen LogP contribution < -0.4 is 10.6 Å². The van der Waals surface area contributed by atoms with Crippen molar-refractivity contribution >= 4 is 40.6 Å². The zero-order valence-electron chi connectivity index (χ0n) is 15.9. The minimum atomic E-state index is -0.198. The Kier molecular flexibility index (Phi) is 5.14. The predicted octanol–water partition coefficient (Wildman–Crippen LogP) is 3.12. The van der Waals surface area contributed by atoms with Crippen LogP contribution in [0.1, 0.15) is 39.5 Å². The highest BCUT2D eigenvalue weighted by Gasteiger charge is 2.48. The molecule has 5 rings (SSSR count). The fourth-order valence-electron chi connectivity index (χ4n) is 4.74. The van der Waals surface area contributed by atoms with Crippen molar-refractivity contribution in [3.8, 4) is 0 Å². The van der Waals surface area contributed by atoms with Crippen LogP contribution in [0.3, 0.4) is 0 Å². The molecule has 2 heterocycles. The molecule has 0 aromatic carbocycles. The molecule has 2 aromatic rings. The average molecular weight is 406 g/mol. The summed E-state index contributed by atoms with van der Waals surface area (Å²) in [5, 5.41) is 10.5. The number of carbonyl (C=O) groups excluding carboxylic acids is 2.